The molecule has 0 atom stereocenters. The number of carbonyl (C=O) groups is 1. The Hall–Kier alpha value is -2.67. The van der Waals surface area contributed by atoms with Gasteiger partial charge >= 0.3 is 5.97 Å². The van der Waals surface area contributed by atoms with Crippen LogP contribution in [0.25, 0.3) is 10.9 Å². The first-order chi connectivity index (χ1) is 11.2. The van der Waals surface area contributed by atoms with Gasteiger partial charge in [0, 0.05) is 17.1 Å². The largest absolute Gasteiger partial charge is 0.466 e. The molecule has 0 saturated heterocycles. The van der Waals surface area contributed by atoms with Gasteiger partial charge < -0.3 is 9.72 Å². The molecule has 3 aromatic rings. The number of thiazole rings is 1. The standard InChI is InChI=1S/C16H16N4O2S/c1-2-22-15(21)8-13-10-23-16(19-13)20-18-9-11-3-4-12-5-6-17-14(12)7-11/h3-7,9-10,17H,2,8H2,1H3,(H,19,20). The van der Waals surface area contributed by atoms with E-state index in [2.05, 4.69) is 20.5 Å². The molecule has 0 amide bonds. The van der Waals surface area contributed by atoms with Crippen LogP contribution in [-0.2, 0) is 16.0 Å². The van der Waals surface area contributed by atoms with E-state index >= 15 is 0 Å². The van der Waals surface area contributed by atoms with E-state index in [-0.39, 0.29) is 12.4 Å². The molecular formula is C16H16N4O2S. The number of hydrogen-bond donors (Lipinski definition) is 2. The van der Waals surface area contributed by atoms with E-state index in [1.807, 2.05) is 35.8 Å². The summed E-state index contributed by atoms with van der Waals surface area (Å²) in [5.74, 6) is -0.271. The number of aromatic amines is 1. The zero-order valence-electron chi connectivity index (χ0n) is 12.6. The number of hydrogen-bond acceptors (Lipinski definition) is 6. The first kappa shape index (κ1) is 15.2. The van der Waals surface area contributed by atoms with Gasteiger partial charge in [-0.1, -0.05) is 12.1 Å². The highest BCUT2D eigenvalue weighted by molar-refractivity contribution is 7.13. The Morgan fingerprint density at radius 2 is 2.39 bits per heavy atom. The highest BCUT2D eigenvalue weighted by atomic mass is 32.1. The third-order valence-electron chi connectivity index (χ3n) is 3.14. The van der Waals surface area contributed by atoms with E-state index < -0.39 is 0 Å². The molecule has 0 aliphatic carbocycles. The number of esters is 1. The number of nitrogens with one attached hydrogen (secondary N) is 2. The Morgan fingerprint density at radius 1 is 1.48 bits per heavy atom. The van der Waals surface area contributed by atoms with Crippen LogP contribution in [-0.4, -0.2) is 28.8 Å². The minimum atomic E-state index is -0.271. The molecule has 0 bridgehead atoms. The average Bonchev–Trinajstić information content (AvgIpc) is 3.16. The van der Waals surface area contributed by atoms with Crippen LogP contribution < -0.4 is 5.43 Å². The van der Waals surface area contributed by atoms with Crippen molar-refractivity contribution < 1.29 is 9.53 Å². The predicted molar refractivity (Wildman–Crippen MR) is 92.0 cm³/mol. The molecule has 2 heterocycles. The fraction of sp³-hybridized carbons (Fsp3) is 0.188. The molecule has 0 spiro atoms. The summed E-state index contributed by atoms with van der Waals surface area (Å²) in [6, 6.07) is 8.08. The van der Waals surface area contributed by atoms with E-state index in [0.717, 1.165) is 11.1 Å². The average molecular weight is 328 g/mol. The van der Waals surface area contributed by atoms with Crippen molar-refractivity contribution in [3.8, 4) is 0 Å². The summed E-state index contributed by atoms with van der Waals surface area (Å²) in [7, 11) is 0. The minimum absolute atomic E-state index is 0.180. The van der Waals surface area contributed by atoms with Gasteiger partial charge in [-0.15, -0.1) is 11.3 Å². The molecule has 0 saturated carbocycles. The van der Waals surface area contributed by atoms with Crippen molar-refractivity contribution >= 4 is 39.6 Å². The molecule has 3 rings (SSSR count). The lowest BCUT2D eigenvalue weighted by molar-refractivity contribution is -0.142. The molecule has 1 aromatic carbocycles. The summed E-state index contributed by atoms with van der Waals surface area (Å²) in [5.41, 5.74) is 5.61. The number of nitrogens with zero attached hydrogens (tertiary/aromatic N) is 2. The van der Waals surface area contributed by atoms with Gasteiger partial charge in [0.25, 0.3) is 0 Å². The minimum Gasteiger partial charge on any atom is -0.466 e. The van der Waals surface area contributed by atoms with Gasteiger partial charge in [0.15, 0.2) is 0 Å². The van der Waals surface area contributed by atoms with Crippen molar-refractivity contribution in [2.45, 2.75) is 13.3 Å². The smallest absolute Gasteiger partial charge is 0.311 e. The molecule has 2 aromatic heterocycles. The second-order valence-corrected chi connectivity index (χ2v) is 5.68. The van der Waals surface area contributed by atoms with Crippen LogP contribution >= 0.6 is 11.3 Å². The van der Waals surface area contributed by atoms with Crippen molar-refractivity contribution in [1.82, 2.24) is 9.97 Å². The molecule has 23 heavy (non-hydrogen) atoms. The predicted octanol–water partition coefficient (Wildman–Crippen LogP) is 3.18. The van der Waals surface area contributed by atoms with Crippen LogP contribution in [0.15, 0.2) is 40.9 Å². The molecule has 6 nitrogen and oxygen atoms in total. The number of aromatic nitrogens is 2. The number of carbonyl (C=O) groups excluding carboxylic acids is 1. The van der Waals surface area contributed by atoms with Gasteiger partial charge in [-0.05, 0) is 30.0 Å². The number of ether oxygens (including phenoxy) is 1. The van der Waals surface area contributed by atoms with Crippen molar-refractivity contribution in [2.75, 3.05) is 12.0 Å². The van der Waals surface area contributed by atoms with Gasteiger partial charge in [-0.25, -0.2) is 4.98 Å². The SMILES string of the molecule is CCOC(=O)Cc1csc(NN=Cc2ccc3cc[nH]c3c2)n1. The maximum absolute atomic E-state index is 11.4. The lowest BCUT2D eigenvalue weighted by Gasteiger charge is -1.98. The Labute approximate surface area is 137 Å². The summed E-state index contributed by atoms with van der Waals surface area (Å²) in [6.07, 6.45) is 3.82. The zero-order chi connectivity index (χ0) is 16.1. The first-order valence-corrected chi connectivity index (χ1v) is 8.09. The van der Waals surface area contributed by atoms with Gasteiger partial charge in [0.2, 0.25) is 5.13 Å². The number of hydrazone groups is 1. The number of fused-ring (bicyclic) bond motifs is 1. The Morgan fingerprint density at radius 3 is 3.26 bits per heavy atom. The highest BCUT2D eigenvalue weighted by Gasteiger charge is 2.07. The van der Waals surface area contributed by atoms with E-state index in [1.54, 1.807) is 13.1 Å². The lowest BCUT2D eigenvalue weighted by Crippen LogP contribution is -2.07. The van der Waals surface area contributed by atoms with E-state index in [0.29, 0.717) is 17.4 Å². The van der Waals surface area contributed by atoms with Crippen molar-refractivity contribution in [1.29, 1.82) is 0 Å². The van der Waals surface area contributed by atoms with Crippen molar-refractivity contribution in [3.63, 3.8) is 0 Å². The number of rotatable bonds is 6. The van der Waals surface area contributed by atoms with E-state index in [4.69, 9.17) is 4.74 Å². The monoisotopic (exact) mass is 328 g/mol. The fourth-order valence-corrected chi connectivity index (χ4v) is 2.77. The van der Waals surface area contributed by atoms with Crippen molar-refractivity contribution in [2.24, 2.45) is 5.10 Å². The number of H-pyrrole nitrogens is 1. The van der Waals surface area contributed by atoms with Crippen LogP contribution in [0.5, 0.6) is 0 Å². The lowest BCUT2D eigenvalue weighted by atomic mass is 10.2. The molecule has 118 valence electrons. The summed E-state index contributed by atoms with van der Waals surface area (Å²) < 4.78 is 4.90. The maximum Gasteiger partial charge on any atom is 0.311 e. The molecule has 0 aliphatic rings. The van der Waals surface area contributed by atoms with Crippen molar-refractivity contribution in [3.05, 3.63) is 47.1 Å². The van der Waals surface area contributed by atoms with Gasteiger partial charge in [-0.2, -0.15) is 5.10 Å². The topological polar surface area (TPSA) is 79.4 Å². The van der Waals surface area contributed by atoms with Crippen LogP contribution in [0, 0.1) is 0 Å². The van der Waals surface area contributed by atoms with Crippen LogP contribution in [0.1, 0.15) is 18.2 Å². The zero-order valence-corrected chi connectivity index (χ0v) is 13.4. The normalized spacial score (nSPS) is 11.2. The quantitative estimate of drug-likeness (QED) is 0.414. The fourth-order valence-electron chi connectivity index (χ4n) is 2.11. The van der Waals surface area contributed by atoms with Crippen LogP contribution in [0.2, 0.25) is 0 Å². The van der Waals surface area contributed by atoms with Gasteiger partial charge in [0.1, 0.15) is 0 Å². The van der Waals surface area contributed by atoms with Gasteiger partial charge in [0.05, 0.1) is 24.9 Å². The van der Waals surface area contributed by atoms with Gasteiger partial charge in [-0.3, -0.25) is 10.2 Å². The Bertz CT molecular complexity index is 837. The number of anilines is 1. The molecule has 0 fully saturated rings. The summed E-state index contributed by atoms with van der Waals surface area (Å²) in [6.45, 7) is 2.16. The molecule has 2 N–H and O–H groups in total. The van der Waals surface area contributed by atoms with E-state index in [9.17, 15) is 4.79 Å². The van der Waals surface area contributed by atoms with Crippen LogP contribution in [0.3, 0.4) is 0 Å². The Kier molecular flexibility index (Phi) is 4.68. The third-order valence-corrected chi connectivity index (χ3v) is 3.93. The van der Waals surface area contributed by atoms with E-state index in [1.165, 1.54) is 16.7 Å². The molecule has 7 heteroatoms. The molecule has 0 radical (unpaired) electrons. The summed E-state index contributed by atoms with van der Waals surface area (Å²) in [4.78, 5) is 18.9. The summed E-state index contributed by atoms with van der Waals surface area (Å²) in [5, 5.41) is 7.80. The summed E-state index contributed by atoms with van der Waals surface area (Å²) >= 11 is 1.40. The molecule has 0 aliphatic heterocycles. The second kappa shape index (κ2) is 7.06. The maximum atomic E-state index is 11.4. The first-order valence-electron chi connectivity index (χ1n) is 7.21. The number of benzene rings is 1. The third kappa shape index (κ3) is 3.95. The highest BCUT2D eigenvalue weighted by Crippen LogP contribution is 2.16. The molecular weight excluding hydrogens is 312 g/mol. The Balaban J connectivity index is 1.59. The second-order valence-electron chi connectivity index (χ2n) is 4.82. The van der Waals surface area contributed by atoms with Crippen LogP contribution in [0.4, 0.5) is 5.13 Å². The molecule has 0 unspecified atom stereocenters.